The van der Waals surface area contributed by atoms with Gasteiger partial charge in [-0.3, -0.25) is 4.79 Å². The molecule has 0 saturated carbocycles. The van der Waals surface area contributed by atoms with Crippen LogP contribution < -0.4 is 0 Å². The summed E-state index contributed by atoms with van der Waals surface area (Å²) in [5.41, 5.74) is 0.235. The number of carboxylic acid groups (broad SMARTS) is 1. The fraction of sp³-hybridized carbons (Fsp3) is 0.444. The second kappa shape index (κ2) is 4.00. The molecule has 98 valence electrons. The highest BCUT2D eigenvalue weighted by atomic mass is 19.4. The largest absolute Gasteiger partial charge is 0.475 e. The zero-order chi connectivity index (χ0) is 13.5. The fourth-order valence-electron chi connectivity index (χ4n) is 1.59. The third kappa shape index (κ3) is 2.15. The molecule has 1 aromatic rings. The molecule has 1 aromatic heterocycles. The van der Waals surface area contributed by atoms with Crippen molar-refractivity contribution in [3.8, 4) is 0 Å². The van der Waals surface area contributed by atoms with Crippen LogP contribution in [0.1, 0.15) is 22.2 Å². The van der Waals surface area contributed by atoms with Gasteiger partial charge in [-0.15, -0.1) is 0 Å². The highest BCUT2D eigenvalue weighted by molar-refractivity contribution is 5.84. The van der Waals surface area contributed by atoms with Crippen LogP contribution in [0.25, 0.3) is 0 Å². The normalized spacial score (nSPS) is 16.5. The topological polar surface area (TPSA) is 83.6 Å². The molecule has 1 aliphatic rings. The number of hydrogen-bond donors (Lipinski definition) is 1. The summed E-state index contributed by atoms with van der Waals surface area (Å²) in [7, 11) is 0. The summed E-state index contributed by atoms with van der Waals surface area (Å²) in [6, 6.07) is 1.14. The molecule has 1 saturated heterocycles. The maximum absolute atomic E-state index is 12.1. The van der Waals surface area contributed by atoms with Crippen molar-refractivity contribution >= 4 is 11.9 Å². The van der Waals surface area contributed by atoms with Gasteiger partial charge in [-0.1, -0.05) is 5.16 Å². The molecule has 6 nitrogen and oxygen atoms in total. The summed E-state index contributed by atoms with van der Waals surface area (Å²) in [5, 5.41) is 12.0. The Morgan fingerprint density at radius 2 is 2.06 bits per heavy atom. The lowest BCUT2D eigenvalue weighted by atomic mass is 9.96. The van der Waals surface area contributed by atoms with E-state index in [9.17, 15) is 22.8 Å². The van der Waals surface area contributed by atoms with E-state index in [1.54, 1.807) is 0 Å². The molecule has 18 heavy (non-hydrogen) atoms. The molecule has 0 radical (unpaired) electrons. The zero-order valence-corrected chi connectivity index (χ0v) is 8.77. The smallest absolute Gasteiger partial charge is 0.471 e. The van der Waals surface area contributed by atoms with E-state index in [4.69, 9.17) is 5.11 Å². The Labute approximate surface area is 98.0 Å². The van der Waals surface area contributed by atoms with Crippen LogP contribution in [0.5, 0.6) is 0 Å². The van der Waals surface area contributed by atoms with Crippen molar-refractivity contribution < 1.29 is 32.4 Å². The summed E-state index contributed by atoms with van der Waals surface area (Å²) in [5.74, 6) is -4.02. The molecule has 1 amide bonds. The first-order chi connectivity index (χ1) is 8.29. The van der Waals surface area contributed by atoms with Crippen molar-refractivity contribution in [1.82, 2.24) is 10.1 Å². The molecule has 2 rings (SSSR count). The van der Waals surface area contributed by atoms with Gasteiger partial charge in [-0.25, -0.2) is 4.79 Å². The van der Waals surface area contributed by atoms with Crippen molar-refractivity contribution in [3.63, 3.8) is 0 Å². The second-order valence-electron chi connectivity index (χ2n) is 3.83. The van der Waals surface area contributed by atoms with Crippen LogP contribution in [0.4, 0.5) is 13.2 Å². The van der Waals surface area contributed by atoms with Crippen LogP contribution in [0.15, 0.2) is 10.6 Å². The van der Waals surface area contributed by atoms with Crippen LogP contribution in [0.3, 0.4) is 0 Å². The summed E-state index contributed by atoms with van der Waals surface area (Å²) in [4.78, 5) is 21.9. The van der Waals surface area contributed by atoms with Crippen molar-refractivity contribution in [2.45, 2.75) is 12.1 Å². The molecule has 0 spiro atoms. The number of nitrogens with zero attached hydrogens (tertiary/aromatic N) is 2. The number of likely N-dealkylation sites (tertiary alicyclic amines) is 1. The lowest BCUT2D eigenvalue weighted by molar-refractivity contribution is -0.190. The van der Waals surface area contributed by atoms with E-state index in [-0.39, 0.29) is 24.5 Å². The Morgan fingerprint density at radius 1 is 1.44 bits per heavy atom. The number of aromatic carboxylic acids is 1. The van der Waals surface area contributed by atoms with Gasteiger partial charge in [0, 0.05) is 25.1 Å². The number of carboxylic acids is 1. The first kappa shape index (κ1) is 12.4. The van der Waals surface area contributed by atoms with Crippen LogP contribution in [-0.2, 0) is 4.79 Å². The Balaban J connectivity index is 1.96. The van der Waals surface area contributed by atoms with Crippen molar-refractivity contribution in [2.75, 3.05) is 13.1 Å². The quantitative estimate of drug-likeness (QED) is 0.856. The monoisotopic (exact) mass is 264 g/mol. The Morgan fingerprint density at radius 3 is 2.50 bits per heavy atom. The minimum atomic E-state index is -4.89. The van der Waals surface area contributed by atoms with E-state index in [0.717, 1.165) is 6.07 Å². The molecule has 0 bridgehead atoms. The fourth-order valence-corrected chi connectivity index (χ4v) is 1.59. The number of halogens is 3. The van der Waals surface area contributed by atoms with Gasteiger partial charge in [0.2, 0.25) is 5.76 Å². The third-order valence-electron chi connectivity index (χ3n) is 2.57. The SMILES string of the molecule is O=C(O)c1cc(C2CN(C(=O)C(F)(F)F)C2)no1. The Hall–Kier alpha value is -2.06. The van der Waals surface area contributed by atoms with Crippen molar-refractivity contribution in [1.29, 1.82) is 0 Å². The average Bonchev–Trinajstić information content (AvgIpc) is 2.62. The molecular formula is C9H7F3N2O4. The van der Waals surface area contributed by atoms with Crippen molar-refractivity contribution in [2.24, 2.45) is 0 Å². The molecule has 0 atom stereocenters. The summed E-state index contributed by atoms with van der Waals surface area (Å²) < 4.78 is 40.6. The number of hydrogen-bond acceptors (Lipinski definition) is 4. The molecule has 1 N–H and O–H groups in total. The molecule has 0 aliphatic carbocycles. The van der Waals surface area contributed by atoms with Crippen LogP contribution in [0.2, 0.25) is 0 Å². The average molecular weight is 264 g/mol. The van der Waals surface area contributed by atoms with E-state index >= 15 is 0 Å². The maximum atomic E-state index is 12.1. The van der Waals surface area contributed by atoms with E-state index in [1.165, 1.54) is 0 Å². The minimum absolute atomic E-state index is 0.149. The zero-order valence-electron chi connectivity index (χ0n) is 8.77. The second-order valence-corrected chi connectivity index (χ2v) is 3.83. The van der Waals surface area contributed by atoms with Gasteiger partial charge in [0.1, 0.15) is 0 Å². The number of alkyl halides is 3. The van der Waals surface area contributed by atoms with Gasteiger partial charge >= 0.3 is 18.1 Å². The van der Waals surface area contributed by atoms with Gasteiger partial charge in [-0.2, -0.15) is 13.2 Å². The summed E-state index contributed by atoms with van der Waals surface area (Å²) in [6.45, 7) is -0.298. The van der Waals surface area contributed by atoms with Crippen LogP contribution in [-0.4, -0.2) is 46.3 Å². The van der Waals surface area contributed by atoms with Gasteiger partial charge in [0.25, 0.3) is 0 Å². The molecule has 0 aromatic carbocycles. The Bertz CT molecular complexity index is 490. The highest BCUT2D eigenvalue weighted by Crippen LogP contribution is 2.30. The van der Waals surface area contributed by atoms with E-state index in [1.807, 2.05) is 0 Å². The highest BCUT2D eigenvalue weighted by Gasteiger charge is 2.47. The van der Waals surface area contributed by atoms with Gasteiger partial charge in [0.05, 0.1) is 5.69 Å². The van der Waals surface area contributed by atoms with Crippen molar-refractivity contribution in [3.05, 3.63) is 17.5 Å². The maximum Gasteiger partial charge on any atom is 0.471 e. The number of carbonyl (C=O) groups is 2. The van der Waals surface area contributed by atoms with E-state index in [0.29, 0.717) is 4.90 Å². The molecule has 1 aliphatic heterocycles. The third-order valence-corrected chi connectivity index (χ3v) is 2.57. The number of carbonyl (C=O) groups excluding carboxylic acids is 1. The predicted molar refractivity (Wildman–Crippen MR) is 48.8 cm³/mol. The molecule has 1 fully saturated rings. The van der Waals surface area contributed by atoms with Crippen LogP contribution in [0, 0.1) is 0 Å². The van der Waals surface area contributed by atoms with Gasteiger partial charge < -0.3 is 14.5 Å². The molecule has 0 unspecified atom stereocenters. The van der Waals surface area contributed by atoms with E-state index < -0.39 is 24.0 Å². The van der Waals surface area contributed by atoms with Gasteiger partial charge in [0.15, 0.2) is 0 Å². The number of aromatic nitrogens is 1. The first-order valence-electron chi connectivity index (χ1n) is 4.85. The lowest BCUT2D eigenvalue weighted by Crippen LogP contribution is -2.53. The molecule has 2 heterocycles. The summed E-state index contributed by atoms with van der Waals surface area (Å²) >= 11 is 0. The Kier molecular flexibility index (Phi) is 2.76. The standard InChI is InChI=1S/C9H7F3N2O4/c10-9(11,12)8(17)14-2-4(3-14)5-1-6(7(15)16)18-13-5/h1,4H,2-3H2,(H,15,16). The lowest BCUT2D eigenvalue weighted by Gasteiger charge is -2.38. The molecule has 9 heteroatoms. The number of rotatable bonds is 2. The van der Waals surface area contributed by atoms with Crippen LogP contribution >= 0.6 is 0 Å². The minimum Gasteiger partial charge on any atom is -0.475 e. The van der Waals surface area contributed by atoms with Gasteiger partial charge in [-0.05, 0) is 0 Å². The summed E-state index contributed by atoms with van der Waals surface area (Å²) in [6.07, 6.45) is -4.89. The number of amides is 1. The molecular weight excluding hydrogens is 257 g/mol. The predicted octanol–water partition coefficient (Wildman–Crippen LogP) is 0.861. The first-order valence-corrected chi connectivity index (χ1v) is 4.85. The van der Waals surface area contributed by atoms with E-state index in [2.05, 4.69) is 9.68 Å².